The normalized spacial score (nSPS) is 17.4. The van der Waals surface area contributed by atoms with Crippen LogP contribution in [-0.2, 0) is 12.8 Å². The summed E-state index contributed by atoms with van der Waals surface area (Å²) in [5, 5.41) is 0. The largest absolute Gasteiger partial charge is 0.399 e. The number of nitrogens with two attached hydrogens (primary N) is 1. The van der Waals surface area contributed by atoms with Crippen molar-refractivity contribution in [3.8, 4) is 0 Å². The van der Waals surface area contributed by atoms with Gasteiger partial charge in [-0.2, -0.15) is 0 Å². The maximum Gasteiger partial charge on any atom is 0.0316 e. The van der Waals surface area contributed by atoms with Gasteiger partial charge in [0.05, 0.1) is 0 Å². The maximum absolute atomic E-state index is 5.94. The van der Waals surface area contributed by atoms with Crippen LogP contribution in [0.5, 0.6) is 0 Å². The summed E-state index contributed by atoms with van der Waals surface area (Å²) >= 11 is 0. The fourth-order valence-electron chi connectivity index (χ4n) is 3.48. The van der Waals surface area contributed by atoms with Crippen molar-refractivity contribution >= 4 is 5.69 Å². The lowest BCUT2D eigenvalue weighted by molar-refractivity contribution is 0.193. The molecule has 2 N–H and O–H groups in total. The highest BCUT2D eigenvalue weighted by Gasteiger charge is 2.26. The highest BCUT2D eigenvalue weighted by atomic mass is 15.2. The Morgan fingerprint density at radius 3 is 2.19 bits per heavy atom. The highest BCUT2D eigenvalue weighted by Crippen LogP contribution is 2.28. The Hall–Kier alpha value is -1.02. The molecule has 0 radical (unpaired) electrons. The van der Waals surface area contributed by atoms with Crippen molar-refractivity contribution < 1.29 is 0 Å². The van der Waals surface area contributed by atoms with Crippen LogP contribution in [0, 0.1) is 0 Å². The average molecular weight is 288 g/mol. The Bertz CT molecular complexity index is 418. The van der Waals surface area contributed by atoms with E-state index in [4.69, 9.17) is 5.73 Å². The number of hydrogen-bond donors (Lipinski definition) is 1. The fourth-order valence-corrected chi connectivity index (χ4v) is 3.48. The molecule has 1 aromatic carbocycles. The predicted octanol–water partition coefficient (Wildman–Crippen LogP) is 4.42. The number of rotatable bonds is 9. The lowest BCUT2D eigenvalue weighted by Crippen LogP contribution is -2.37. The number of nitrogens with zero attached hydrogens (tertiary/aromatic N) is 1. The molecular formula is C19H32N2. The number of unbranched alkanes of at least 4 members (excludes halogenated alkanes) is 4. The molecule has 2 heteroatoms. The van der Waals surface area contributed by atoms with Crippen molar-refractivity contribution in [3.05, 3.63) is 29.3 Å². The number of hydrogen-bond acceptors (Lipinski definition) is 2. The van der Waals surface area contributed by atoms with Gasteiger partial charge in [0.25, 0.3) is 0 Å². The molecule has 0 saturated heterocycles. The van der Waals surface area contributed by atoms with Crippen LogP contribution in [0.25, 0.3) is 0 Å². The van der Waals surface area contributed by atoms with Gasteiger partial charge in [0.15, 0.2) is 0 Å². The van der Waals surface area contributed by atoms with Crippen LogP contribution < -0.4 is 5.73 Å². The first-order valence-electron chi connectivity index (χ1n) is 8.86. The first kappa shape index (κ1) is 16.4. The van der Waals surface area contributed by atoms with Gasteiger partial charge in [0.1, 0.15) is 0 Å². The molecule has 0 amide bonds. The number of anilines is 1. The summed E-state index contributed by atoms with van der Waals surface area (Å²) in [6.07, 6.45) is 10.4. The Balaban J connectivity index is 1.94. The lowest BCUT2D eigenvalue weighted by atomic mass is 10.1. The first-order valence-corrected chi connectivity index (χ1v) is 8.86. The van der Waals surface area contributed by atoms with E-state index < -0.39 is 0 Å². The summed E-state index contributed by atoms with van der Waals surface area (Å²) in [6, 6.07) is 7.18. The summed E-state index contributed by atoms with van der Waals surface area (Å²) < 4.78 is 0. The number of benzene rings is 1. The van der Waals surface area contributed by atoms with Gasteiger partial charge in [-0.15, -0.1) is 0 Å². The molecule has 1 aliphatic carbocycles. The molecule has 0 heterocycles. The van der Waals surface area contributed by atoms with E-state index in [2.05, 4.69) is 36.9 Å². The van der Waals surface area contributed by atoms with Crippen molar-refractivity contribution in [3.63, 3.8) is 0 Å². The van der Waals surface area contributed by atoms with Crippen molar-refractivity contribution in [2.24, 2.45) is 0 Å². The molecule has 0 bridgehead atoms. The smallest absolute Gasteiger partial charge is 0.0316 e. The standard InChI is InChI=1S/C19H32N2/c1-3-5-7-11-21(12-8-6-4-2)19-14-16-9-10-18(20)13-17(16)15-19/h9-10,13,19H,3-8,11-12,14-15,20H2,1-2H3. The second-order valence-electron chi connectivity index (χ2n) is 6.54. The third-order valence-corrected chi connectivity index (χ3v) is 4.76. The van der Waals surface area contributed by atoms with E-state index in [1.165, 1.54) is 75.6 Å². The minimum Gasteiger partial charge on any atom is -0.399 e. The summed E-state index contributed by atoms with van der Waals surface area (Å²) in [5.41, 5.74) is 9.85. The zero-order valence-electron chi connectivity index (χ0n) is 13.9. The third kappa shape index (κ3) is 4.74. The van der Waals surface area contributed by atoms with Gasteiger partial charge in [0.2, 0.25) is 0 Å². The zero-order chi connectivity index (χ0) is 15.1. The summed E-state index contributed by atoms with van der Waals surface area (Å²) in [4.78, 5) is 2.75. The van der Waals surface area contributed by atoms with Crippen LogP contribution in [0.15, 0.2) is 18.2 Å². The minimum atomic E-state index is 0.704. The van der Waals surface area contributed by atoms with Crippen molar-refractivity contribution in [2.75, 3.05) is 18.8 Å². The van der Waals surface area contributed by atoms with Crippen LogP contribution in [0.1, 0.15) is 63.5 Å². The maximum atomic E-state index is 5.94. The predicted molar refractivity (Wildman–Crippen MR) is 92.7 cm³/mol. The summed E-state index contributed by atoms with van der Waals surface area (Å²) in [6.45, 7) is 7.11. The molecule has 0 saturated carbocycles. The van der Waals surface area contributed by atoms with Gasteiger partial charge in [-0.05, 0) is 62.0 Å². The van der Waals surface area contributed by atoms with Gasteiger partial charge >= 0.3 is 0 Å². The van der Waals surface area contributed by atoms with Gasteiger partial charge in [-0.3, -0.25) is 4.90 Å². The lowest BCUT2D eigenvalue weighted by Gasteiger charge is -2.29. The fraction of sp³-hybridized carbons (Fsp3) is 0.684. The molecule has 118 valence electrons. The first-order chi connectivity index (χ1) is 10.2. The van der Waals surface area contributed by atoms with Gasteiger partial charge in [-0.25, -0.2) is 0 Å². The van der Waals surface area contributed by atoms with Crippen molar-refractivity contribution in [1.82, 2.24) is 4.90 Å². The molecular weight excluding hydrogens is 256 g/mol. The number of fused-ring (bicyclic) bond motifs is 1. The molecule has 1 atom stereocenters. The summed E-state index contributed by atoms with van der Waals surface area (Å²) in [7, 11) is 0. The number of nitrogen functional groups attached to an aromatic ring is 1. The van der Waals surface area contributed by atoms with E-state index in [0.29, 0.717) is 6.04 Å². The molecule has 2 rings (SSSR count). The topological polar surface area (TPSA) is 29.3 Å². The Morgan fingerprint density at radius 2 is 1.57 bits per heavy atom. The second-order valence-corrected chi connectivity index (χ2v) is 6.54. The zero-order valence-corrected chi connectivity index (χ0v) is 13.9. The van der Waals surface area contributed by atoms with E-state index in [9.17, 15) is 0 Å². The minimum absolute atomic E-state index is 0.704. The van der Waals surface area contributed by atoms with Crippen molar-refractivity contribution in [1.29, 1.82) is 0 Å². The van der Waals surface area contributed by atoms with Gasteiger partial charge in [0, 0.05) is 11.7 Å². The van der Waals surface area contributed by atoms with Crippen LogP contribution >= 0.6 is 0 Å². The molecule has 2 nitrogen and oxygen atoms in total. The van der Waals surface area contributed by atoms with Gasteiger partial charge in [-0.1, -0.05) is 45.6 Å². The quantitative estimate of drug-likeness (QED) is 0.538. The third-order valence-electron chi connectivity index (χ3n) is 4.76. The average Bonchev–Trinajstić information content (AvgIpc) is 2.88. The van der Waals surface area contributed by atoms with E-state index in [1.54, 1.807) is 0 Å². The van der Waals surface area contributed by atoms with E-state index in [0.717, 1.165) is 5.69 Å². The van der Waals surface area contributed by atoms with Crippen molar-refractivity contribution in [2.45, 2.75) is 71.3 Å². The van der Waals surface area contributed by atoms with Gasteiger partial charge < -0.3 is 5.73 Å². The SMILES string of the molecule is CCCCCN(CCCCC)C1Cc2ccc(N)cc2C1. The Kier molecular flexibility index (Phi) is 6.56. The van der Waals surface area contributed by atoms with Crippen LogP contribution in [-0.4, -0.2) is 24.0 Å². The van der Waals surface area contributed by atoms with E-state index >= 15 is 0 Å². The summed E-state index contributed by atoms with van der Waals surface area (Å²) in [5.74, 6) is 0. The molecule has 0 spiro atoms. The monoisotopic (exact) mass is 288 g/mol. The Morgan fingerprint density at radius 1 is 0.952 bits per heavy atom. The Labute approximate surface area is 130 Å². The molecule has 0 aromatic heterocycles. The molecule has 0 aliphatic heterocycles. The van der Waals surface area contributed by atoms with Crippen LogP contribution in [0.2, 0.25) is 0 Å². The van der Waals surface area contributed by atoms with Crippen LogP contribution in [0.3, 0.4) is 0 Å². The second kappa shape index (κ2) is 8.43. The van der Waals surface area contributed by atoms with E-state index in [-0.39, 0.29) is 0 Å². The molecule has 21 heavy (non-hydrogen) atoms. The van der Waals surface area contributed by atoms with Crippen LogP contribution in [0.4, 0.5) is 5.69 Å². The van der Waals surface area contributed by atoms with E-state index in [1.807, 2.05) is 0 Å². The molecule has 1 aromatic rings. The molecule has 1 unspecified atom stereocenters. The highest BCUT2D eigenvalue weighted by molar-refractivity contribution is 5.47. The molecule has 0 fully saturated rings. The molecule has 1 aliphatic rings.